The summed E-state index contributed by atoms with van der Waals surface area (Å²) in [6, 6.07) is 11.3. The molecule has 0 aromatic heterocycles. The number of anilines is 1. The van der Waals surface area contributed by atoms with Crippen LogP contribution in [0.4, 0.5) is 5.69 Å². The minimum Gasteiger partial charge on any atom is -0.493 e. The van der Waals surface area contributed by atoms with E-state index in [2.05, 4.69) is 11.4 Å². The zero-order valence-corrected chi connectivity index (χ0v) is 13.1. The van der Waals surface area contributed by atoms with Crippen LogP contribution in [0.15, 0.2) is 42.5 Å². The fraction of sp³-hybridized carbons (Fsp3) is 0.211. The van der Waals surface area contributed by atoms with Crippen molar-refractivity contribution in [2.24, 2.45) is 0 Å². The van der Waals surface area contributed by atoms with E-state index in [-0.39, 0.29) is 5.91 Å². The summed E-state index contributed by atoms with van der Waals surface area (Å²) in [5, 5.41) is 2.83. The highest BCUT2D eigenvalue weighted by Gasteiger charge is 2.13. The van der Waals surface area contributed by atoms with Crippen molar-refractivity contribution in [1.29, 1.82) is 0 Å². The summed E-state index contributed by atoms with van der Waals surface area (Å²) >= 11 is 0. The van der Waals surface area contributed by atoms with Crippen LogP contribution in [0.3, 0.4) is 0 Å². The predicted molar refractivity (Wildman–Crippen MR) is 90.7 cm³/mol. The first-order valence-electron chi connectivity index (χ1n) is 7.92. The summed E-state index contributed by atoms with van der Waals surface area (Å²) in [6.07, 6.45) is 4.24. The average molecular weight is 323 g/mol. The van der Waals surface area contributed by atoms with Crippen LogP contribution < -0.4 is 19.5 Å². The monoisotopic (exact) mass is 323 g/mol. The van der Waals surface area contributed by atoms with Gasteiger partial charge in [0.15, 0.2) is 11.5 Å². The van der Waals surface area contributed by atoms with Crippen LogP contribution in [0, 0.1) is 0 Å². The number of amides is 1. The van der Waals surface area contributed by atoms with Crippen LogP contribution in [0.5, 0.6) is 17.2 Å². The Morgan fingerprint density at radius 2 is 1.71 bits per heavy atom. The Kier molecular flexibility index (Phi) is 3.83. The average Bonchev–Trinajstić information content (AvgIpc) is 3.07. The van der Waals surface area contributed by atoms with E-state index >= 15 is 0 Å². The molecule has 5 nitrogen and oxygen atoms in total. The topological polar surface area (TPSA) is 56.8 Å². The van der Waals surface area contributed by atoms with Crippen molar-refractivity contribution in [3.63, 3.8) is 0 Å². The third-order valence-corrected chi connectivity index (χ3v) is 3.95. The Bertz CT molecular complexity index is 813. The van der Waals surface area contributed by atoms with Gasteiger partial charge in [0.1, 0.15) is 19.0 Å². The van der Waals surface area contributed by atoms with Crippen LogP contribution in [0.2, 0.25) is 0 Å². The second-order valence-electron chi connectivity index (χ2n) is 5.65. The molecule has 5 heteroatoms. The molecule has 0 radical (unpaired) electrons. The second-order valence-corrected chi connectivity index (χ2v) is 5.65. The molecule has 1 N–H and O–H groups in total. The third-order valence-electron chi connectivity index (χ3n) is 3.95. The molecular weight excluding hydrogens is 306 g/mol. The molecule has 2 aromatic rings. The molecule has 0 aliphatic carbocycles. The van der Waals surface area contributed by atoms with E-state index < -0.39 is 0 Å². The molecule has 0 atom stereocenters. The molecule has 0 saturated carbocycles. The van der Waals surface area contributed by atoms with Gasteiger partial charge >= 0.3 is 0 Å². The molecule has 122 valence electrons. The van der Waals surface area contributed by atoms with Crippen LogP contribution in [0.1, 0.15) is 11.1 Å². The van der Waals surface area contributed by atoms with Gasteiger partial charge in [0.2, 0.25) is 5.91 Å². The number of hydrogen-bond donors (Lipinski definition) is 1. The molecule has 2 heterocycles. The quantitative estimate of drug-likeness (QED) is 0.882. The first-order chi connectivity index (χ1) is 11.8. The number of benzene rings is 2. The van der Waals surface area contributed by atoms with Gasteiger partial charge < -0.3 is 19.5 Å². The first-order valence-corrected chi connectivity index (χ1v) is 7.92. The van der Waals surface area contributed by atoms with Crippen molar-refractivity contribution in [1.82, 2.24) is 0 Å². The number of hydrogen-bond acceptors (Lipinski definition) is 4. The molecule has 2 aliphatic heterocycles. The molecule has 2 aliphatic rings. The third kappa shape index (κ3) is 3.06. The largest absolute Gasteiger partial charge is 0.493 e. The van der Waals surface area contributed by atoms with Crippen molar-refractivity contribution in [3.05, 3.63) is 53.6 Å². The SMILES string of the molecule is O=C(/C=C/c1ccc2c(c1)CCO2)Nc1ccc2c(c1)OCCO2. The molecule has 2 aromatic carbocycles. The van der Waals surface area contributed by atoms with Crippen LogP contribution >= 0.6 is 0 Å². The lowest BCUT2D eigenvalue weighted by atomic mass is 10.1. The van der Waals surface area contributed by atoms with Gasteiger partial charge in [-0.15, -0.1) is 0 Å². The summed E-state index contributed by atoms with van der Waals surface area (Å²) < 4.78 is 16.5. The van der Waals surface area contributed by atoms with Gasteiger partial charge in [-0.3, -0.25) is 4.79 Å². The Morgan fingerprint density at radius 1 is 0.917 bits per heavy atom. The standard InChI is InChI=1S/C19H17NO4/c21-19(6-2-13-1-4-16-14(11-13)7-8-22-16)20-15-3-5-17-18(12-15)24-10-9-23-17/h1-6,11-12H,7-10H2,(H,20,21)/b6-2+. The minimum absolute atomic E-state index is 0.191. The van der Waals surface area contributed by atoms with Crippen molar-refractivity contribution in [2.75, 3.05) is 25.1 Å². The summed E-state index contributed by atoms with van der Waals surface area (Å²) in [7, 11) is 0. The molecule has 0 saturated heterocycles. The van der Waals surface area contributed by atoms with Crippen molar-refractivity contribution in [3.8, 4) is 17.2 Å². The smallest absolute Gasteiger partial charge is 0.248 e. The van der Waals surface area contributed by atoms with Gasteiger partial charge in [-0.2, -0.15) is 0 Å². The van der Waals surface area contributed by atoms with Crippen molar-refractivity contribution >= 4 is 17.7 Å². The molecule has 0 unspecified atom stereocenters. The summed E-state index contributed by atoms with van der Waals surface area (Å²) in [5.74, 6) is 2.10. The zero-order valence-electron chi connectivity index (χ0n) is 13.1. The number of fused-ring (bicyclic) bond motifs is 2. The summed E-state index contributed by atoms with van der Waals surface area (Å²) in [5.41, 5.74) is 2.84. The van der Waals surface area contributed by atoms with Crippen LogP contribution in [0.25, 0.3) is 6.08 Å². The molecule has 4 rings (SSSR count). The van der Waals surface area contributed by atoms with Crippen molar-refractivity contribution < 1.29 is 19.0 Å². The fourth-order valence-electron chi connectivity index (χ4n) is 2.79. The molecule has 0 bridgehead atoms. The highest BCUT2D eigenvalue weighted by atomic mass is 16.6. The zero-order chi connectivity index (χ0) is 16.4. The van der Waals surface area contributed by atoms with Gasteiger partial charge in [-0.25, -0.2) is 0 Å². The lowest BCUT2D eigenvalue weighted by Crippen LogP contribution is -2.16. The Labute approximate surface area is 139 Å². The van der Waals surface area contributed by atoms with Gasteiger partial charge in [0.05, 0.1) is 6.61 Å². The minimum atomic E-state index is -0.191. The van der Waals surface area contributed by atoms with E-state index in [9.17, 15) is 4.79 Å². The first kappa shape index (κ1) is 14.6. The fourth-order valence-corrected chi connectivity index (χ4v) is 2.79. The van der Waals surface area contributed by atoms with E-state index in [1.165, 1.54) is 11.6 Å². The lowest BCUT2D eigenvalue weighted by molar-refractivity contribution is -0.111. The molecule has 0 fully saturated rings. The number of ether oxygens (including phenoxy) is 3. The maximum Gasteiger partial charge on any atom is 0.248 e. The van der Waals surface area contributed by atoms with E-state index in [0.29, 0.717) is 30.4 Å². The van der Waals surface area contributed by atoms with Crippen molar-refractivity contribution in [2.45, 2.75) is 6.42 Å². The molecular formula is C19H17NO4. The molecule has 0 spiro atoms. The normalized spacial score (nSPS) is 15.0. The van der Waals surface area contributed by atoms with E-state index in [1.807, 2.05) is 12.1 Å². The number of nitrogens with one attached hydrogen (secondary N) is 1. The van der Waals surface area contributed by atoms with Gasteiger partial charge in [-0.1, -0.05) is 6.07 Å². The predicted octanol–water partition coefficient (Wildman–Crippen LogP) is 3.04. The van der Waals surface area contributed by atoms with E-state index in [4.69, 9.17) is 14.2 Å². The maximum atomic E-state index is 12.1. The highest BCUT2D eigenvalue weighted by Crippen LogP contribution is 2.32. The van der Waals surface area contributed by atoms with Gasteiger partial charge in [-0.05, 0) is 41.5 Å². The Hall–Kier alpha value is -2.95. The van der Waals surface area contributed by atoms with Gasteiger partial charge in [0, 0.05) is 24.3 Å². The number of carbonyl (C=O) groups is 1. The maximum absolute atomic E-state index is 12.1. The summed E-state index contributed by atoms with van der Waals surface area (Å²) in [4.78, 5) is 12.1. The highest BCUT2D eigenvalue weighted by molar-refractivity contribution is 6.02. The van der Waals surface area contributed by atoms with E-state index in [0.717, 1.165) is 24.3 Å². The lowest BCUT2D eigenvalue weighted by Gasteiger charge is -2.18. The molecule has 24 heavy (non-hydrogen) atoms. The molecule has 1 amide bonds. The number of rotatable bonds is 3. The van der Waals surface area contributed by atoms with E-state index in [1.54, 1.807) is 24.3 Å². The van der Waals surface area contributed by atoms with Crippen LogP contribution in [-0.2, 0) is 11.2 Å². The van der Waals surface area contributed by atoms with Gasteiger partial charge in [0.25, 0.3) is 0 Å². The number of carbonyl (C=O) groups excluding carboxylic acids is 1. The summed E-state index contributed by atoms with van der Waals surface area (Å²) in [6.45, 7) is 1.80. The van der Waals surface area contributed by atoms with Crippen LogP contribution in [-0.4, -0.2) is 25.7 Å². The second kappa shape index (κ2) is 6.28. The Morgan fingerprint density at radius 3 is 2.62 bits per heavy atom. The Balaban J connectivity index is 1.43.